The summed E-state index contributed by atoms with van der Waals surface area (Å²) < 4.78 is 34.5. The molecule has 0 bridgehead atoms. The Morgan fingerprint density at radius 1 is 1.18 bits per heavy atom. The first kappa shape index (κ1) is 17.4. The maximum absolute atomic E-state index is 12.2. The van der Waals surface area contributed by atoms with Crippen molar-refractivity contribution in [2.24, 2.45) is 0 Å². The fourth-order valence-corrected chi connectivity index (χ4v) is 4.67. The van der Waals surface area contributed by atoms with Gasteiger partial charge in [-0.3, -0.25) is 0 Å². The van der Waals surface area contributed by atoms with Crippen LogP contribution in [0.15, 0.2) is 0 Å². The zero-order valence-electron chi connectivity index (χ0n) is 10.9. The van der Waals surface area contributed by atoms with Gasteiger partial charge in [0.1, 0.15) is 6.67 Å². The molecule has 0 aromatic carbocycles. The van der Waals surface area contributed by atoms with Crippen molar-refractivity contribution in [1.82, 2.24) is 4.90 Å². The Kier molecular flexibility index (Phi) is 10.6. The molecule has 17 heavy (non-hydrogen) atoms. The second kappa shape index (κ2) is 10.3. The Bertz CT molecular complexity index is 224. The minimum Gasteiger partial charge on any atom is -0.301 e. The Hall–Kier alpha value is 0.390. The number of nitrogens with zero attached hydrogens (tertiary/aromatic N) is 1. The van der Waals surface area contributed by atoms with Crippen LogP contribution in [-0.2, 0) is 13.6 Å². The second-order valence-corrected chi connectivity index (χ2v) is 7.43. The number of halogens is 1. The molecule has 0 aliphatic carbocycles. The van der Waals surface area contributed by atoms with Crippen LogP contribution < -0.4 is 0 Å². The molecule has 0 spiro atoms. The first-order chi connectivity index (χ1) is 8.11. The Labute approximate surface area is 108 Å². The topological polar surface area (TPSA) is 38.8 Å². The minimum atomic E-state index is -3.01. The highest BCUT2D eigenvalue weighted by Crippen LogP contribution is 2.60. The van der Waals surface area contributed by atoms with Gasteiger partial charge in [0.05, 0.1) is 13.2 Å². The van der Waals surface area contributed by atoms with Crippen LogP contribution in [0.3, 0.4) is 0 Å². The van der Waals surface area contributed by atoms with Gasteiger partial charge in [-0.15, -0.1) is 0 Å². The summed E-state index contributed by atoms with van der Waals surface area (Å²) in [6, 6.07) is 0. The van der Waals surface area contributed by atoms with Crippen molar-refractivity contribution < 1.29 is 18.0 Å². The summed E-state index contributed by atoms with van der Waals surface area (Å²) in [5.41, 5.74) is 0. The molecule has 4 nitrogen and oxygen atoms in total. The van der Waals surface area contributed by atoms with E-state index in [-0.39, 0.29) is 6.67 Å². The summed E-state index contributed by atoms with van der Waals surface area (Å²) in [5.74, 6) is 0.616. The third-order valence-electron chi connectivity index (χ3n) is 2.08. The SMILES string of the molecule is CCOP(=O)(OCC)SCCN(CC)CCF. The molecule has 0 amide bonds. The van der Waals surface area contributed by atoms with Gasteiger partial charge in [0.15, 0.2) is 0 Å². The van der Waals surface area contributed by atoms with E-state index < -0.39 is 6.80 Å². The smallest absolute Gasteiger partial charge is 0.301 e. The van der Waals surface area contributed by atoms with Crippen molar-refractivity contribution in [2.45, 2.75) is 20.8 Å². The van der Waals surface area contributed by atoms with Crippen molar-refractivity contribution in [3.8, 4) is 0 Å². The molecule has 0 fully saturated rings. The minimum absolute atomic E-state index is 0.354. The highest BCUT2D eigenvalue weighted by Gasteiger charge is 2.24. The van der Waals surface area contributed by atoms with E-state index in [1.165, 1.54) is 11.4 Å². The van der Waals surface area contributed by atoms with E-state index in [1.807, 2.05) is 11.8 Å². The maximum Gasteiger partial charge on any atom is 0.389 e. The van der Waals surface area contributed by atoms with E-state index in [0.29, 0.717) is 32.1 Å². The highest BCUT2D eigenvalue weighted by molar-refractivity contribution is 8.55. The van der Waals surface area contributed by atoms with Gasteiger partial charge in [-0.05, 0) is 31.8 Å². The van der Waals surface area contributed by atoms with Crippen molar-refractivity contribution in [3.63, 3.8) is 0 Å². The lowest BCUT2D eigenvalue weighted by atomic mass is 10.5. The quantitative estimate of drug-likeness (QED) is 0.546. The molecule has 0 aromatic rings. The van der Waals surface area contributed by atoms with Gasteiger partial charge in [-0.2, -0.15) is 0 Å². The molecule has 0 aliphatic rings. The lowest BCUT2D eigenvalue weighted by Crippen LogP contribution is -2.28. The lowest BCUT2D eigenvalue weighted by Gasteiger charge is -2.20. The van der Waals surface area contributed by atoms with Gasteiger partial charge in [0, 0.05) is 18.8 Å². The lowest BCUT2D eigenvalue weighted by molar-refractivity contribution is 0.236. The molecule has 0 saturated heterocycles. The van der Waals surface area contributed by atoms with Gasteiger partial charge in [-0.1, -0.05) is 6.92 Å². The molecular formula is C10H23FNO3PS. The number of hydrogen-bond donors (Lipinski definition) is 0. The average Bonchev–Trinajstić information content (AvgIpc) is 2.28. The Balaban J connectivity index is 3.99. The second-order valence-electron chi connectivity index (χ2n) is 3.24. The molecule has 104 valence electrons. The van der Waals surface area contributed by atoms with Gasteiger partial charge in [0.2, 0.25) is 0 Å². The fraction of sp³-hybridized carbons (Fsp3) is 1.00. The van der Waals surface area contributed by atoms with Crippen molar-refractivity contribution in [1.29, 1.82) is 0 Å². The summed E-state index contributed by atoms with van der Waals surface area (Å²) >= 11 is 1.19. The van der Waals surface area contributed by atoms with Crippen molar-refractivity contribution in [3.05, 3.63) is 0 Å². The Morgan fingerprint density at radius 3 is 2.18 bits per heavy atom. The summed E-state index contributed by atoms with van der Waals surface area (Å²) in [6.45, 7) is 4.82. The molecule has 0 atom stereocenters. The summed E-state index contributed by atoms with van der Waals surface area (Å²) in [5, 5.41) is 0. The van der Waals surface area contributed by atoms with Crippen LogP contribution in [0.2, 0.25) is 0 Å². The third-order valence-corrected chi connectivity index (χ3v) is 6.04. The first-order valence-electron chi connectivity index (χ1n) is 5.93. The van der Waals surface area contributed by atoms with Crippen molar-refractivity contribution >= 4 is 18.2 Å². The zero-order chi connectivity index (χ0) is 13.1. The number of rotatable bonds is 11. The Morgan fingerprint density at radius 2 is 1.76 bits per heavy atom. The molecule has 0 aromatic heterocycles. The fourth-order valence-electron chi connectivity index (χ4n) is 1.26. The van der Waals surface area contributed by atoms with Crippen LogP contribution in [0, 0.1) is 0 Å². The summed E-state index contributed by atoms with van der Waals surface area (Å²) in [6.07, 6.45) is 0. The highest BCUT2D eigenvalue weighted by atomic mass is 32.7. The van der Waals surface area contributed by atoms with E-state index >= 15 is 0 Å². The van der Waals surface area contributed by atoms with Gasteiger partial charge >= 0.3 is 6.80 Å². The van der Waals surface area contributed by atoms with Crippen LogP contribution in [0.1, 0.15) is 20.8 Å². The van der Waals surface area contributed by atoms with E-state index in [9.17, 15) is 8.96 Å². The molecule has 0 N–H and O–H groups in total. The van der Waals surface area contributed by atoms with E-state index in [4.69, 9.17) is 9.05 Å². The molecule has 0 unspecified atom stereocenters. The molecular weight excluding hydrogens is 264 g/mol. The van der Waals surface area contributed by atoms with Crippen LogP contribution in [0.25, 0.3) is 0 Å². The first-order valence-corrected chi connectivity index (χ1v) is 9.07. The van der Waals surface area contributed by atoms with E-state index in [0.717, 1.165) is 6.54 Å². The molecule has 7 heteroatoms. The molecule has 0 saturated carbocycles. The monoisotopic (exact) mass is 287 g/mol. The zero-order valence-corrected chi connectivity index (χ0v) is 12.6. The molecule has 0 aliphatic heterocycles. The maximum atomic E-state index is 12.2. The van der Waals surface area contributed by atoms with Gasteiger partial charge in [0.25, 0.3) is 0 Å². The van der Waals surface area contributed by atoms with Crippen molar-refractivity contribution in [2.75, 3.05) is 45.3 Å². The normalized spacial score (nSPS) is 12.3. The molecule has 0 rings (SSSR count). The standard InChI is InChI=1S/C10H23FNO3PS/c1-4-12(8-7-11)9-10-17-16(13,14-5-2)15-6-3/h4-10H2,1-3H3. The predicted molar refractivity (Wildman–Crippen MR) is 71.4 cm³/mol. The van der Waals surface area contributed by atoms with Crippen LogP contribution in [0.4, 0.5) is 4.39 Å². The van der Waals surface area contributed by atoms with E-state index in [2.05, 4.69) is 0 Å². The molecule has 0 heterocycles. The van der Waals surface area contributed by atoms with Crippen LogP contribution in [-0.4, -0.2) is 50.2 Å². The van der Waals surface area contributed by atoms with Crippen LogP contribution in [0.5, 0.6) is 0 Å². The third kappa shape index (κ3) is 8.16. The van der Waals surface area contributed by atoms with Gasteiger partial charge in [-0.25, -0.2) is 8.96 Å². The molecule has 0 radical (unpaired) electrons. The number of hydrogen-bond acceptors (Lipinski definition) is 5. The van der Waals surface area contributed by atoms with E-state index in [1.54, 1.807) is 13.8 Å². The predicted octanol–water partition coefficient (Wildman–Crippen LogP) is 3.19. The summed E-state index contributed by atoms with van der Waals surface area (Å²) in [4.78, 5) is 1.97. The van der Waals surface area contributed by atoms with Gasteiger partial charge < -0.3 is 13.9 Å². The largest absolute Gasteiger partial charge is 0.389 e. The number of alkyl halides is 1. The average molecular weight is 287 g/mol. The van der Waals surface area contributed by atoms with Crippen LogP contribution >= 0.6 is 18.2 Å². The summed E-state index contributed by atoms with van der Waals surface area (Å²) in [7, 11) is 0.